The molecule has 34 heavy (non-hydrogen) atoms. The first kappa shape index (κ1) is 22.3. The van der Waals surface area contributed by atoms with Gasteiger partial charge in [0.15, 0.2) is 10.3 Å². The fraction of sp³-hybridized carbons (Fsp3) is 0.0714. The van der Waals surface area contributed by atoms with Crippen molar-refractivity contribution in [1.82, 2.24) is 4.90 Å². The smallest absolute Gasteiger partial charge is 0.267 e. The molecule has 2 heterocycles. The zero-order valence-electron chi connectivity index (χ0n) is 18.5. The van der Waals surface area contributed by atoms with Crippen molar-refractivity contribution in [2.24, 2.45) is 4.99 Å². The van der Waals surface area contributed by atoms with Crippen LogP contribution in [0, 0.1) is 6.92 Å². The maximum atomic E-state index is 13.4. The standard InChI is InChI=1S/C28H22N2O2S2/c1-20-12-15-24(16-13-20)33-26-17-14-23(32-26)18-25-27(31)30(19-21-8-4-2-5-9-21)28(34-25)29-22-10-6-3-7-11-22/h2-18H,19H2,1H3/b25-18-,29-28?. The Balaban J connectivity index is 1.40. The van der Waals surface area contributed by atoms with Gasteiger partial charge in [0.2, 0.25) is 0 Å². The number of hydrogen-bond donors (Lipinski definition) is 0. The van der Waals surface area contributed by atoms with E-state index in [0.717, 1.165) is 21.2 Å². The molecule has 168 valence electrons. The number of amides is 1. The molecule has 0 N–H and O–H groups in total. The number of carbonyl (C=O) groups excluding carboxylic acids is 1. The lowest BCUT2D eigenvalue weighted by atomic mass is 10.2. The minimum Gasteiger partial charge on any atom is -0.450 e. The minimum absolute atomic E-state index is 0.0762. The topological polar surface area (TPSA) is 45.8 Å². The molecule has 4 aromatic rings. The number of furan rings is 1. The molecule has 0 unspecified atom stereocenters. The Hall–Kier alpha value is -3.48. The van der Waals surface area contributed by atoms with Crippen LogP contribution < -0.4 is 0 Å². The lowest BCUT2D eigenvalue weighted by molar-refractivity contribution is -0.122. The highest BCUT2D eigenvalue weighted by atomic mass is 32.2. The van der Waals surface area contributed by atoms with Crippen molar-refractivity contribution in [3.05, 3.63) is 119 Å². The SMILES string of the molecule is Cc1ccc(Sc2ccc(/C=C3\SC(=Nc4ccccc4)N(Cc4ccccc4)C3=O)o2)cc1. The Kier molecular flexibility index (Phi) is 6.70. The monoisotopic (exact) mass is 482 g/mol. The van der Waals surface area contributed by atoms with Gasteiger partial charge in [0.25, 0.3) is 5.91 Å². The number of para-hydroxylation sites is 1. The molecular weight excluding hydrogens is 460 g/mol. The molecule has 1 amide bonds. The van der Waals surface area contributed by atoms with Crippen LogP contribution in [0.1, 0.15) is 16.9 Å². The summed E-state index contributed by atoms with van der Waals surface area (Å²) in [5.41, 5.74) is 3.08. The minimum atomic E-state index is -0.0762. The van der Waals surface area contributed by atoms with Gasteiger partial charge in [0.1, 0.15) is 5.76 Å². The summed E-state index contributed by atoms with van der Waals surface area (Å²) in [5.74, 6) is 0.568. The average molecular weight is 483 g/mol. The summed E-state index contributed by atoms with van der Waals surface area (Å²) in [7, 11) is 0. The summed E-state index contributed by atoms with van der Waals surface area (Å²) in [6.45, 7) is 2.53. The van der Waals surface area contributed by atoms with Gasteiger partial charge >= 0.3 is 0 Å². The molecular formula is C28H22N2O2S2. The molecule has 5 rings (SSSR count). The van der Waals surface area contributed by atoms with Crippen molar-refractivity contribution in [2.45, 2.75) is 23.5 Å². The van der Waals surface area contributed by atoms with Crippen LogP contribution in [0.3, 0.4) is 0 Å². The zero-order chi connectivity index (χ0) is 23.3. The molecule has 0 bridgehead atoms. The number of aliphatic imine (C=N–C) groups is 1. The molecule has 0 radical (unpaired) electrons. The van der Waals surface area contributed by atoms with Crippen molar-refractivity contribution in [1.29, 1.82) is 0 Å². The molecule has 0 atom stereocenters. The summed E-state index contributed by atoms with van der Waals surface area (Å²) in [6, 6.07) is 31.8. The molecule has 1 saturated heterocycles. The Morgan fingerprint density at radius 2 is 1.62 bits per heavy atom. The molecule has 1 aromatic heterocycles. The molecule has 1 aliphatic heterocycles. The Bertz CT molecular complexity index is 1340. The van der Waals surface area contributed by atoms with E-state index in [2.05, 4.69) is 31.2 Å². The summed E-state index contributed by atoms with van der Waals surface area (Å²) in [4.78, 5) is 21.5. The van der Waals surface area contributed by atoms with Crippen molar-refractivity contribution >= 4 is 46.4 Å². The maximum Gasteiger partial charge on any atom is 0.267 e. The summed E-state index contributed by atoms with van der Waals surface area (Å²) >= 11 is 2.93. The van der Waals surface area contributed by atoms with Gasteiger partial charge in [-0.25, -0.2) is 4.99 Å². The van der Waals surface area contributed by atoms with Gasteiger partial charge in [-0.3, -0.25) is 9.69 Å². The quantitative estimate of drug-likeness (QED) is 0.266. The van der Waals surface area contributed by atoms with E-state index in [1.165, 1.54) is 17.3 Å². The second-order valence-electron chi connectivity index (χ2n) is 7.79. The zero-order valence-corrected chi connectivity index (χ0v) is 20.2. The first-order chi connectivity index (χ1) is 16.6. The number of hydrogen-bond acceptors (Lipinski definition) is 5. The predicted molar refractivity (Wildman–Crippen MR) is 140 cm³/mol. The summed E-state index contributed by atoms with van der Waals surface area (Å²) in [6.07, 6.45) is 1.80. The molecule has 0 saturated carbocycles. The number of carbonyl (C=O) groups is 1. The highest BCUT2D eigenvalue weighted by molar-refractivity contribution is 8.18. The third-order valence-corrected chi connectivity index (χ3v) is 7.10. The predicted octanol–water partition coefficient (Wildman–Crippen LogP) is 7.54. The molecule has 6 heteroatoms. The van der Waals surface area contributed by atoms with Crippen LogP contribution in [-0.4, -0.2) is 16.0 Å². The second-order valence-corrected chi connectivity index (χ2v) is 9.88. The van der Waals surface area contributed by atoms with E-state index in [1.54, 1.807) is 22.7 Å². The maximum absolute atomic E-state index is 13.4. The van der Waals surface area contributed by atoms with E-state index in [4.69, 9.17) is 9.41 Å². The second kappa shape index (κ2) is 10.2. The largest absolute Gasteiger partial charge is 0.450 e. The number of thioether (sulfide) groups is 1. The van der Waals surface area contributed by atoms with Crippen molar-refractivity contribution in [3.8, 4) is 0 Å². The van der Waals surface area contributed by atoms with Crippen LogP contribution in [-0.2, 0) is 11.3 Å². The van der Waals surface area contributed by atoms with Gasteiger partial charge in [-0.15, -0.1) is 0 Å². The highest BCUT2D eigenvalue weighted by Crippen LogP contribution is 2.36. The molecule has 0 aliphatic carbocycles. The number of aryl methyl sites for hydroxylation is 1. The van der Waals surface area contributed by atoms with Crippen LogP contribution in [0.4, 0.5) is 5.69 Å². The van der Waals surface area contributed by atoms with Crippen LogP contribution in [0.25, 0.3) is 6.08 Å². The first-order valence-electron chi connectivity index (χ1n) is 10.9. The van der Waals surface area contributed by atoms with Crippen LogP contribution in [0.2, 0.25) is 0 Å². The molecule has 1 fully saturated rings. The highest BCUT2D eigenvalue weighted by Gasteiger charge is 2.33. The molecule has 4 nitrogen and oxygen atoms in total. The van der Waals surface area contributed by atoms with Gasteiger partial charge in [0.05, 0.1) is 17.1 Å². The van der Waals surface area contributed by atoms with Gasteiger partial charge < -0.3 is 4.42 Å². The first-order valence-corrected chi connectivity index (χ1v) is 12.5. The molecule has 1 aliphatic rings. The molecule has 3 aromatic carbocycles. The molecule has 0 spiro atoms. The number of nitrogens with zero attached hydrogens (tertiary/aromatic N) is 2. The lowest BCUT2D eigenvalue weighted by Crippen LogP contribution is -2.28. The Morgan fingerprint density at radius 3 is 2.35 bits per heavy atom. The van der Waals surface area contributed by atoms with E-state index in [-0.39, 0.29) is 5.91 Å². The van der Waals surface area contributed by atoms with Crippen LogP contribution in [0.5, 0.6) is 0 Å². The normalized spacial score (nSPS) is 16.0. The summed E-state index contributed by atoms with van der Waals surface area (Å²) in [5, 5.41) is 1.44. The number of amidine groups is 1. The Morgan fingerprint density at radius 1 is 0.912 bits per heavy atom. The fourth-order valence-electron chi connectivity index (χ4n) is 3.43. The van der Waals surface area contributed by atoms with E-state index in [1.807, 2.05) is 72.8 Å². The van der Waals surface area contributed by atoms with Gasteiger partial charge in [0, 0.05) is 11.0 Å². The van der Waals surface area contributed by atoms with Gasteiger partial charge in [-0.2, -0.15) is 0 Å². The van der Waals surface area contributed by atoms with Gasteiger partial charge in [-0.05, 0) is 60.6 Å². The van der Waals surface area contributed by atoms with Gasteiger partial charge in [-0.1, -0.05) is 78.0 Å². The van der Waals surface area contributed by atoms with E-state index in [9.17, 15) is 4.79 Å². The summed E-state index contributed by atoms with van der Waals surface area (Å²) < 4.78 is 6.00. The van der Waals surface area contributed by atoms with E-state index in [0.29, 0.717) is 22.4 Å². The third kappa shape index (κ3) is 5.35. The van der Waals surface area contributed by atoms with Crippen LogP contribution >= 0.6 is 23.5 Å². The van der Waals surface area contributed by atoms with Crippen molar-refractivity contribution in [3.63, 3.8) is 0 Å². The van der Waals surface area contributed by atoms with Crippen molar-refractivity contribution in [2.75, 3.05) is 0 Å². The van der Waals surface area contributed by atoms with E-state index < -0.39 is 0 Å². The number of benzene rings is 3. The fourth-order valence-corrected chi connectivity index (χ4v) is 5.18. The number of rotatable bonds is 6. The van der Waals surface area contributed by atoms with E-state index >= 15 is 0 Å². The Labute approximate surface area is 207 Å². The van der Waals surface area contributed by atoms with Crippen molar-refractivity contribution < 1.29 is 9.21 Å². The average Bonchev–Trinajstić information content (AvgIpc) is 3.41. The van der Waals surface area contributed by atoms with Crippen LogP contribution in [0.15, 0.2) is 121 Å². The lowest BCUT2D eigenvalue weighted by Gasteiger charge is -2.15. The third-order valence-electron chi connectivity index (χ3n) is 5.17.